The molecule has 39 heavy (non-hydrogen) atoms. The molecule has 1 aliphatic rings. The summed E-state index contributed by atoms with van der Waals surface area (Å²) in [5.41, 5.74) is 7.16. The number of benzene rings is 2. The fourth-order valence-corrected chi connectivity index (χ4v) is 5.63. The quantitative estimate of drug-likeness (QED) is 0.352. The minimum absolute atomic E-state index is 0.0705. The lowest BCUT2D eigenvalue weighted by Crippen LogP contribution is -2.30. The number of fused-ring (bicyclic) bond motifs is 1. The van der Waals surface area contributed by atoms with E-state index < -0.39 is 26.6 Å². The van der Waals surface area contributed by atoms with Gasteiger partial charge in [-0.3, -0.25) is 14.1 Å². The highest BCUT2D eigenvalue weighted by atomic mass is 32.2. The van der Waals surface area contributed by atoms with Crippen molar-refractivity contribution in [2.45, 2.75) is 24.3 Å². The molecule has 0 unspecified atom stereocenters. The Labute approximate surface area is 222 Å². The van der Waals surface area contributed by atoms with E-state index in [1.807, 2.05) is 0 Å². The number of nitrogen functional groups attached to an aromatic ring is 1. The number of ether oxygens (including phenoxy) is 2. The molecule has 0 spiro atoms. The first-order chi connectivity index (χ1) is 18.7. The Hall–Kier alpha value is -4.10. The van der Waals surface area contributed by atoms with Crippen LogP contribution in [0, 0.1) is 17.6 Å². The van der Waals surface area contributed by atoms with Crippen LogP contribution in [0.5, 0.6) is 5.88 Å². The summed E-state index contributed by atoms with van der Waals surface area (Å²) >= 11 is 0. The van der Waals surface area contributed by atoms with E-state index >= 15 is 0 Å². The molecule has 3 N–H and O–H groups in total. The van der Waals surface area contributed by atoms with Gasteiger partial charge in [0.05, 0.1) is 18.0 Å². The number of anilines is 2. The number of nitrogens with one attached hydrogen (secondary N) is 1. The highest BCUT2D eigenvalue weighted by Crippen LogP contribution is 2.31. The number of methoxy groups -OCH3 is 1. The van der Waals surface area contributed by atoms with Crippen LogP contribution in [-0.2, 0) is 21.3 Å². The van der Waals surface area contributed by atoms with Crippen molar-refractivity contribution < 1.29 is 26.7 Å². The van der Waals surface area contributed by atoms with Crippen molar-refractivity contribution in [2.24, 2.45) is 5.92 Å². The largest absolute Gasteiger partial charge is 0.480 e. The van der Waals surface area contributed by atoms with E-state index in [4.69, 9.17) is 15.2 Å². The molecule has 204 valence electrons. The van der Waals surface area contributed by atoms with Gasteiger partial charge in [-0.15, -0.1) is 0 Å². The van der Waals surface area contributed by atoms with Crippen molar-refractivity contribution in [3.63, 3.8) is 0 Å². The number of pyridine rings is 1. The number of sulfonamides is 1. The fraction of sp³-hybridized carbons (Fsp3) is 0.269. The molecule has 1 saturated heterocycles. The lowest BCUT2D eigenvalue weighted by atomic mass is 10.00. The summed E-state index contributed by atoms with van der Waals surface area (Å²) in [6.45, 7) is 1.70. The number of nitrogens with two attached hydrogens (primary N) is 1. The Morgan fingerprint density at radius 1 is 1.13 bits per heavy atom. The molecular weight excluding hydrogens is 532 g/mol. The van der Waals surface area contributed by atoms with Crippen LogP contribution in [0.25, 0.3) is 22.0 Å². The van der Waals surface area contributed by atoms with Gasteiger partial charge in [0.25, 0.3) is 15.6 Å². The van der Waals surface area contributed by atoms with E-state index in [-0.39, 0.29) is 29.0 Å². The molecule has 0 bridgehead atoms. The van der Waals surface area contributed by atoms with Gasteiger partial charge in [-0.05, 0) is 54.7 Å². The first-order valence-corrected chi connectivity index (χ1v) is 13.5. The van der Waals surface area contributed by atoms with Gasteiger partial charge < -0.3 is 15.2 Å². The number of halogens is 2. The van der Waals surface area contributed by atoms with Gasteiger partial charge in [0.15, 0.2) is 0 Å². The third-order valence-electron chi connectivity index (χ3n) is 6.57. The molecule has 0 aliphatic carbocycles. The Morgan fingerprint density at radius 2 is 1.90 bits per heavy atom. The minimum atomic E-state index is -4.46. The van der Waals surface area contributed by atoms with Gasteiger partial charge in [-0.25, -0.2) is 27.2 Å². The molecule has 0 saturated carbocycles. The predicted molar refractivity (Wildman–Crippen MR) is 141 cm³/mol. The van der Waals surface area contributed by atoms with E-state index in [0.29, 0.717) is 47.9 Å². The van der Waals surface area contributed by atoms with E-state index in [9.17, 15) is 22.0 Å². The molecule has 13 heteroatoms. The number of hydrogen-bond donors (Lipinski definition) is 2. The standard InChI is InChI=1S/C26H25F2N5O5S/c1-37-24-22(32-39(35,36)23-5-3-18(27)12-20(23)28)11-17(13-30-24)16-2-4-21-19(10-16)25(34)33(26(29)31-21)14-15-6-8-38-9-7-15/h2-5,10-13,15,32H,6-9,14H2,1H3,(H2,29,31). The lowest BCUT2D eigenvalue weighted by molar-refractivity contribution is 0.0611. The summed E-state index contributed by atoms with van der Waals surface area (Å²) in [5, 5.41) is 0.333. The van der Waals surface area contributed by atoms with Crippen LogP contribution in [0.3, 0.4) is 0 Å². The number of nitrogens with zero attached hydrogens (tertiary/aromatic N) is 3. The first-order valence-electron chi connectivity index (χ1n) is 12.1. The third-order valence-corrected chi connectivity index (χ3v) is 7.97. The number of aromatic nitrogens is 3. The molecule has 1 fully saturated rings. The summed E-state index contributed by atoms with van der Waals surface area (Å²) in [4.78, 5) is 21.2. The zero-order valence-corrected chi connectivity index (χ0v) is 21.7. The van der Waals surface area contributed by atoms with Crippen LogP contribution >= 0.6 is 0 Å². The third kappa shape index (κ3) is 5.40. The smallest absolute Gasteiger partial charge is 0.264 e. The average molecular weight is 558 g/mol. The van der Waals surface area contributed by atoms with Gasteiger partial charge in [0, 0.05) is 37.6 Å². The molecule has 3 heterocycles. The van der Waals surface area contributed by atoms with E-state index in [1.54, 1.807) is 18.2 Å². The van der Waals surface area contributed by atoms with Crippen LogP contribution in [0.15, 0.2) is 58.4 Å². The normalized spacial score (nSPS) is 14.4. The van der Waals surface area contributed by atoms with E-state index in [2.05, 4.69) is 14.7 Å². The highest BCUT2D eigenvalue weighted by Gasteiger charge is 2.23. The minimum Gasteiger partial charge on any atom is -0.480 e. The predicted octanol–water partition coefficient (Wildman–Crippen LogP) is 3.55. The topological polar surface area (TPSA) is 138 Å². The van der Waals surface area contributed by atoms with Crippen molar-refractivity contribution in [1.29, 1.82) is 0 Å². The van der Waals surface area contributed by atoms with Crippen molar-refractivity contribution >= 4 is 32.6 Å². The molecule has 0 atom stereocenters. The summed E-state index contributed by atoms with van der Waals surface area (Å²) in [7, 11) is -3.16. The van der Waals surface area contributed by atoms with Crippen LogP contribution in [0.2, 0.25) is 0 Å². The second kappa shape index (κ2) is 10.6. The van der Waals surface area contributed by atoms with Crippen molar-refractivity contribution in [3.05, 3.63) is 70.6 Å². The summed E-state index contributed by atoms with van der Waals surface area (Å²) < 4.78 is 67.6. The zero-order valence-electron chi connectivity index (χ0n) is 20.9. The molecule has 2 aromatic heterocycles. The van der Waals surface area contributed by atoms with E-state index in [0.717, 1.165) is 25.0 Å². The van der Waals surface area contributed by atoms with Crippen LogP contribution in [-0.4, -0.2) is 43.3 Å². The SMILES string of the molecule is COc1ncc(-c2ccc3nc(N)n(CC4CCOCC4)c(=O)c3c2)cc1NS(=O)(=O)c1ccc(F)cc1F. The van der Waals surface area contributed by atoms with Gasteiger partial charge in [-0.1, -0.05) is 6.07 Å². The number of rotatable bonds is 7. The second-order valence-corrected chi connectivity index (χ2v) is 10.8. The zero-order chi connectivity index (χ0) is 27.7. The van der Waals surface area contributed by atoms with Crippen molar-refractivity contribution in [1.82, 2.24) is 14.5 Å². The molecular formula is C26H25F2N5O5S. The average Bonchev–Trinajstić information content (AvgIpc) is 2.91. The molecule has 0 radical (unpaired) electrons. The lowest BCUT2D eigenvalue weighted by Gasteiger charge is -2.23. The monoisotopic (exact) mass is 557 g/mol. The fourth-order valence-electron chi connectivity index (χ4n) is 4.52. The number of hydrogen-bond acceptors (Lipinski definition) is 8. The summed E-state index contributed by atoms with van der Waals surface area (Å²) in [6, 6.07) is 8.55. The summed E-state index contributed by atoms with van der Waals surface area (Å²) in [6.07, 6.45) is 3.09. The van der Waals surface area contributed by atoms with Gasteiger partial charge >= 0.3 is 0 Å². The van der Waals surface area contributed by atoms with Gasteiger partial charge in [-0.2, -0.15) is 0 Å². The van der Waals surface area contributed by atoms with Gasteiger partial charge in [0.1, 0.15) is 22.2 Å². The van der Waals surface area contributed by atoms with E-state index in [1.165, 1.54) is 23.9 Å². The molecule has 2 aromatic carbocycles. The maximum Gasteiger partial charge on any atom is 0.264 e. The molecule has 10 nitrogen and oxygen atoms in total. The molecule has 1 aliphatic heterocycles. The Morgan fingerprint density at radius 3 is 2.62 bits per heavy atom. The van der Waals surface area contributed by atoms with Crippen molar-refractivity contribution in [2.75, 3.05) is 30.8 Å². The Bertz CT molecular complexity index is 1720. The maximum atomic E-state index is 14.2. The maximum absolute atomic E-state index is 14.2. The van der Waals surface area contributed by atoms with Crippen LogP contribution in [0.1, 0.15) is 12.8 Å². The van der Waals surface area contributed by atoms with Crippen molar-refractivity contribution in [3.8, 4) is 17.0 Å². The highest BCUT2D eigenvalue weighted by molar-refractivity contribution is 7.92. The first kappa shape index (κ1) is 26.5. The van der Waals surface area contributed by atoms with Gasteiger partial charge in [0.2, 0.25) is 11.8 Å². The Balaban J connectivity index is 1.52. The van der Waals surface area contributed by atoms with Crippen LogP contribution < -0.4 is 20.8 Å². The Kier molecular flexibility index (Phi) is 7.19. The van der Waals surface area contributed by atoms with Crippen LogP contribution in [0.4, 0.5) is 20.4 Å². The molecule has 4 aromatic rings. The molecule has 0 amide bonds. The summed E-state index contributed by atoms with van der Waals surface area (Å²) in [5.74, 6) is -1.86. The second-order valence-electron chi connectivity index (χ2n) is 9.13. The molecule has 5 rings (SSSR count).